The van der Waals surface area contributed by atoms with Crippen molar-refractivity contribution in [3.05, 3.63) is 23.8 Å². The Hall–Kier alpha value is -1.22. The Morgan fingerprint density at radius 2 is 1.94 bits per heavy atom. The molecular formula is C14H22O3. The van der Waals surface area contributed by atoms with Crippen LogP contribution in [0.15, 0.2) is 18.2 Å². The monoisotopic (exact) mass is 238 g/mol. The molecule has 3 nitrogen and oxygen atoms in total. The second kappa shape index (κ2) is 7.96. The van der Waals surface area contributed by atoms with Gasteiger partial charge in [0.25, 0.3) is 0 Å². The quantitative estimate of drug-likeness (QED) is 0.708. The lowest BCUT2D eigenvalue weighted by atomic mass is 10.1. The maximum atomic E-state index is 8.66. The Labute approximate surface area is 103 Å². The molecule has 17 heavy (non-hydrogen) atoms. The summed E-state index contributed by atoms with van der Waals surface area (Å²) in [4.78, 5) is 0. The van der Waals surface area contributed by atoms with E-state index in [1.807, 2.05) is 12.1 Å². The van der Waals surface area contributed by atoms with E-state index in [4.69, 9.17) is 14.6 Å². The van der Waals surface area contributed by atoms with E-state index in [0.29, 0.717) is 6.61 Å². The first-order chi connectivity index (χ1) is 8.31. The van der Waals surface area contributed by atoms with Crippen molar-refractivity contribution in [1.29, 1.82) is 0 Å². The van der Waals surface area contributed by atoms with E-state index >= 15 is 0 Å². The molecule has 0 bridgehead atoms. The Morgan fingerprint density at radius 1 is 1.12 bits per heavy atom. The number of methoxy groups -OCH3 is 1. The first-order valence-electron chi connectivity index (χ1n) is 6.22. The molecule has 0 spiro atoms. The molecule has 0 radical (unpaired) electrons. The molecular weight excluding hydrogens is 216 g/mol. The van der Waals surface area contributed by atoms with Crippen LogP contribution in [-0.2, 0) is 6.42 Å². The highest BCUT2D eigenvalue weighted by Crippen LogP contribution is 2.28. The van der Waals surface area contributed by atoms with Gasteiger partial charge in [-0.3, -0.25) is 0 Å². The van der Waals surface area contributed by atoms with Gasteiger partial charge in [0.05, 0.1) is 13.7 Å². The lowest BCUT2D eigenvalue weighted by Gasteiger charge is -2.11. The van der Waals surface area contributed by atoms with Crippen LogP contribution < -0.4 is 9.47 Å². The summed E-state index contributed by atoms with van der Waals surface area (Å²) in [6.07, 6.45) is 3.79. The number of rotatable bonds is 8. The highest BCUT2D eigenvalue weighted by Gasteiger charge is 2.04. The van der Waals surface area contributed by atoms with Gasteiger partial charge in [-0.2, -0.15) is 0 Å². The van der Waals surface area contributed by atoms with Gasteiger partial charge in [0.1, 0.15) is 0 Å². The maximum absolute atomic E-state index is 8.66. The van der Waals surface area contributed by atoms with Gasteiger partial charge in [0.2, 0.25) is 0 Å². The third-order valence-corrected chi connectivity index (χ3v) is 2.70. The highest BCUT2D eigenvalue weighted by atomic mass is 16.5. The molecule has 0 saturated heterocycles. The fraction of sp³-hybridized carbons (Fsp3) is 0.571. The van der Waals surface area contributed by atoms with Crippen molar-refractivity contribution < 1.29 is 14.6 Å². The average Bonchev–Trinajstić information content (AvgIpc) is 2.38. The fourth-order valence-corrected chi connectivity index (χ4v) is 1.62. The van der Waals surface area contributed by atoms with Crippen LogP contribution in [0, 0.1) is 0 Å². The number of aryl methyl sites for hydroxylation is 1. The summed E-state index contributed by atoms with van der Waals surface area (Å²) >= 11 is 0. The average molecular weight is 238 g/mol. The second-order valence-corrected chi connectivity index (χ2v) is 3.97. The minimum absolute atomic E-state index is 0.258. The largest absolute Gasteiger partial charge is 0.493 e. The molecule has 0 aliphatic carbocycles. The zero-order chi connectivity index (χ0) is 12.5. The smallest absolute Gasteiger partial charge is 0.161 e. The number of hydrogen-bond donors (Lipinski definition) is 1. The van der Waals surface area contributed by atoms with Crippen molar-refractivity contribution >= 4 is 0 Å². The number of ether oxygens (including phenoxy) is 2. The topological polar surface area (TPSA) is 38.7 Å². The van der Waals surface area contributed by atoms with E-state index < -0.39 is 0 Å². The molecule has 1 aromatic carbocycles. The van der Waals surface area contributed by atoms with Crippen LogP contribution in [0.4, 0.5) is 0 Å². The molecule has 0 fully saturated rings. The summed E-state index contributed by atoms with van der Waals surface area (Å²) in [5, 5.41) is 8.66. The van der Waals surface area contributed by atoms with Crippen LogP contribution in [0.5, 0.6) is 11.5 Å². The Bertz CT molecular complexity index is 323. The molecule has 0 aromatic heterocycles. The number of unbranched alkanes of at least 4 members (excludes halogenated alkanes) is 2. The molecule has 0 aliphatic heterocycles. The van der Waals surface area contributed by atoms with E-state index in [1.54, 1.807) is 7.11 Å². The summed E-state index contributed by atoms with van der Waals surface area (Å²) in [6, 6.07) is 6.04. The Morgan fingerprint density at radius 3 is 2.59 bits per heavy atom. The third kappa shape index (κ3) is 4.65. The van der Waals surface area contributed by atoms with Crippen molar-refractivity contribution in [3.63, 3.8) is 0 Å². The van der Waals surface area contributed by atoms with Crippen LogP contribution >= 0.6 is 0 Å². The van der Waals surface area contributed by atoms with Crippen LogP contribution in [0.2, 0.25) is 0 Å². The van der Waals surface area contributed by atoms with E-state index in [1.165, 1.54) is 5.56 Å². The van der Waals surface area contributed by atoms with Gasteiger partial charge in [0, 0.05) is 6.61 Å². The first-order valence-corrected chi connectivity index (χ1v) is 6.22. The molecule has 96 valence electrons. The predicted molar refractivity (Wildman–Crippen MR) is 68.8 cm³/mol. The zero-order valence-corrected chi connectivity index (χ0v) is 10.7. The number of hydrogen-bond acceptors (Lipinski definition) is 3. The second-order valence-electron chi connectivity index (χ2n) is 3.97. The molecule has 0 aliphatic rings. The normalized spacial score (nSPS) is 10.3. The Kier molecular flexibility index (Phi) is 6.48. The van der Waals surface area contributed by atoms with Gasteiger partial charge in [-0.1, -0.05) is 13.0 Å². The van der Waals surface area contributed by atoms with E-state index in [9.17, 15) is 0 Å². The van der Waals surface area contributed by atoms with Gasteiger partial charge < -0.3 is 14.6 Å². The minimum atomic E-state index is 0.258. The predicted octanol–water partition coefficient (Wildman–Crippen LogP) is 2.80. The highest BCUT2D eigenvalue weighted by molar-refractivity contribution is 5.42. The lowest BCUT2D eigenvalue weighted by Crippen LogP contribution is -2.00. The summed E-state index contributed by atoms with van der Waals surface area (Å²) in [7, 11) is 1.66. The van der Waals surface area contributed by atoms with Gasteiger partial charge in [-0.25, -0.2) is 0 Å². The van der Waals surface area contributed by atoms with Crippen LogP contribution in [-0.4, -0.2) is 25.4 Å². The molecule has 0 atom stereocenters. The van der Waals surface area contributed by atoms with E-state index in [2.05, 4.69) is 13.0 Å². The van der Waals surface area contributed by atoms with Crippen molar-refractivity contribution in [2.24, 2.45) is 0 Å². The van der Waals surface area contributed by atoms with Gasteiger partial charge in [-0.15, -0.1) is 0 Å². The number of benzene rings is 1. The van der Waals surface area contributed by atoms with Crippen LogP contribution in [0.1, 0.15) is 31.7 Å². The SMILES string of the molecule is CCc1ccc(OCCCCCO)c(OC)c1. The van der Waals surface area contributed by atoms with Gasteiger partial charge in [0.15, 0.2) is 11.5 Å². The molecule has 0 saturated carbocycles. The summed E-state index contributed by atoms with van der Waals surface area (Å²) in [5.41, 5.74) is 1.24. The van der Waals surface area contributed by atoms with E-state index in [0.717, 1.165) is 37.2 Å². The summed E-state index contributed by atoms with van der Waals surface area (Å²) in [6.45, 7) is 3.04. The standard InChI is InChI=1S/C14H22O3/c1-3-12-7-8-13(14(11-12)16-2)17-10-6-4-5-9-15/h7-8,11,15H,3-6,9-10H2,1-2H3. The number of aliphatic hydroxyl groups is 1. The Balaban J connectivity index is 2.46. The van der Waals surface area contributed by atoms with Crippen LogP contribution in [0.3, 0.4) is 0 Å². The number of aliphatic hydroxyl groups excluding tert-OH is 1. The van der Waals surface area contributed by atoms with Gasteiger partial charge >= 0.3 is 0 Å². The third-order valence-electron chi connectivity index (χ3n) is 2.70. The van der Waals surface area contributed by atoms with Crippen molar-refractivity contribution in [3.8, 4) is 11.5 Å². The van der Waals surface area contributed by atoms with E-state index in [-0.39, 0.29) is 6.61 Å². The van der Waals surface area contributed by atoms with Gasteiger partial charge in [-0.05, 0) is 43.4 Å². The van der Waals surface area contributed by atoms with Crippen LogP contribution in [0.25, 0.3) is 0 Å². The summed E-state index contributed by atoms with van der Waals surface area (Å²) < 4.78 is 11.0. The molecule has 0 unspecified atom stereocenters. The first kappa shape index (κ1) is 13.8. The van der Waals surface area contributed by atoms with Crippen molar-refractivity contribution in [1.82, 2.24) is 0 Å². The maximum Gasteiger partial charge on any atom is 0.161 e. The lowest BCUT2D eigenvalue weighted by molar-refractivity contribution is 0.260. The molecule has 1 aromatic rings. The molecule has 0 heterocycles. The minimum Gasteiger partial charge on any atom is -0.493 e. The summed E-state index contributed by atoms with van der Waals surface area (Å²) in [5.74, 6) is 1.60. The molecule has 1 rings (SSSR count). The fourth-order valence-electron chi connectivity index (χ4n) is 1.62. The zero-order valence-electron chi connectivity index (χ0n) is 10.7. The van der Waals surface area contributed by atoms with Crippen molar-refractivity contribution in [2.75, 3.05) is 20.3 Å². The molecule has 1 N–H and O–H groups in total. The molecule has 3 heteroatoms. The van der Waals surface area contributed by atoms with Crippen molar-refractivity contribution in [2.45, 2.75) is 32.6 Å². The molecule has 0 amide bonds.